The second kappa shape index (κ2) is 5.49. The van der Waals surface area contributed by atoms with Gasteiger partial charge in [-0.3, -0.25) is 0 Å². The molecule has 3 nitrogen and oxygen atoms in total. The fraction of sp³-hybridized carbons (Fsp3) is 1.00. The van der Waals surface area contributed by atoms with E-state index < -0.39 is 9.84 Å². The first-order valence-corrected chi connectivity index (χ1v) is 9.47. The van der Waals surface area contributed by atoms with Crippen LogP contribution in [0.2, 0.25) is 0 Å². The van der Waals surface area contributed by atoms with Crippen LogP contribution in [0.25, 0.3) is 0 Å². The molecular formula is C12H22O3S2. The van der Waals surface area contributed by atoms with Crippen LogP contribution in [-0.2, 0) is 9.84 Å². The molecule has 1 heterocycles. The average Bonchev–Trinajstić information content (AvgIpc) is 2.80. The SMILES string of the molecule is CS(=O)(=O)C1CCCC(C(O)C2CCCS2)C1. The number of hydrogen-bond donors (Lipinski definition) is 1. The Balaban J connectivity index is 1.96. The summed E-state index contributed by atoms with van der Waals surface area (Å²) in [5, 5.41) is 10.5. The Hall–Kier alpha value is 0.260. The Morgan fingerprint density at radius 2 is 2.00 bits per heavy atom. The van der Waals surface area contributed by atoms with Crippen molar-refractivity contribution in [2.75, 3.05) is 12.0 Å². The zero-order valence-corrected chi connectivity index (χ0v) is 12.0. The van der Waals surface area contributed by atoms with Gasteiger partial charge in [0.1, 0.15) is 9.84 Å². The topological polar surface area (TPSA) is 54.4 Å². The molecule has 5 heteroatoms. The van der Waals surface area contributed by atoms with Crippen LogP contribution in [0.15, 0.2) is 0 Å². The molecule has 2 aliphatic rings. The zero-order chi connectivity index (χ0) is 12.5. The van der Waals surface area contributed by atoms with Gasteiger partial charge in [0, 0.05) is 11.5 Å². The third-order valence-corrected chi connectivity index (χ3v) is 7.21. The second-order valence-electron chi connectivity index (χ2n) is 5.42. The van der Waals surface area contributed by atoms with Gasteiger partial charge in [-0.05, 0) is 43.8 Å². The summed E-state index contributed by atoms with van der Waals surface area (Å²) in [7, 11) is -2.93. The van der Waals surface area contributed by atoms with E-state index >= 15 is 0 Å². The van der Waals surface area contributed by atoms with Crippen LogP contribution < -0.4 is 0 Å². The largest absolute Gasteiger partial charge is 0.392 e. The van der Waals surface area contributed by atoms with Crippen LogP contribution in [0.4, 0.5) is 0 Å². The molecule has 0 bridgehead atoms. The third-order valence-electron chi connectivity index (χ3n) is 4.10. The van der Waals surface area contributed by atoms with Crippen LogP contribution in [0, 0.1) is 5.92 Å². The Kier molecular flexibility index (Phi) is 4.42. The molecule has 1 aliphatic carbocycles. The number of rotatable bonds is 3. The Bertz CT molecular complexity index is 347. The van der Waals surface area contributed by atoms with Crippen LogP contribution in [0.5, 0.6) is 0 Å². The summed E-state index contributed by atoms with van der Waals surface area (Å²) >= 11 is 1.85. The predicted molar refractivity (Wildman–Crippen MR) is 72.1 cm³/mol. The minimum atomic E-state index is -2.93. The van der Waals surface area contributed by atoms with Gasteiger partial charge in [0.15, 0.2) is 0 Å². The average molecular weight is 278 g/mol. The smallest absolute Gasteiger partial charge is 0.150 e. The third kappa shape index (κ3) is 3.38. The molecule has 0 aromatic heterocycles. The summed E-state index contributed by atoms with van der Waals surface area (Å²) in [6, 6.07) is 0. The van der Waals surface area contributed by atoms with E-state index in [9.17, 15) is 13.5 Å². The highest BCUT2D eigenvalue weighted by Crippen LogP contribution is 2.37. The monoisotopic (exact) mass is 278 g/mol. The van der Waals surface area contributed by atoms with Crippen molar-refractivity contribution >= 4 is 21.6 Å². The Labute approximate surface area is 108 Å². The summed E-state index contributed by atoms with van der Waals surface area (Å²) in [4.78, 5) is 0. The minimum Gasteiger partial charge on any atom is -0.392 e. The van der Waals surface area contributed by atoms with Crippen molar-refractivity contribution < 1.29 is 13.5 Å². The lowest BCUT2D eigenvalue weighted by molar-refractivity contribution is 0.0828. The summed E-state index contributed by atoms with van der Waals surface area (Å²) in [5.41, 5.74) is 0. The van der Waals surface area contributed by atoms with Gasteiger partial charge >= 0.3 is 0 Å². The van der Waals surface area contributed by atoms with E-state index in [1.54, 1.807) is 0 Å². The first kappa shape index (κ1) is 13.7. The highest BCUT2D eigenvalue weighted by molar-refractivity contribution is 8.00. The van der Waals surface area contributed by atoms with Gasteiger partial charge < -0.3 is 5.11 Å². The molecule has 100 valence electrons. The molecule has 2 fully saturated rings. The normalized spacial score (nSPS) is 36.9. The van der Waals surface area contributed by atoms with E-state index in [0.717, 1.165) is 31.4 Å². The highest BCUT2D eigenvalue weighted by Gasteiger charge is 2.36. The van der Waals surface area contributed by atoms with Gasteiger partial charge in [0.05, 0.1) is 11.4 Å². The van der Waals surface area contributed by atoms with Gasteiger partial charge in [0.2, 0.25) is 0 Å². The molecule has 0 radical (unpaired) electrons. The van der Waals surface area contributed by atoms with Gasteiger partial charge in [-0.15, -0.1) is 0 Å². The molecule has 1 aliphatic heterocycles. The summed E-state index contributed by atoms with van der Waals surface area (Å²) in [5.74, 6) is 1.34. The first-order chi connectivity index (χ1) is 7.98. The molecule has 1 saturated heterocycles. The van der Waals surface area contributed by atoms with E-state index in [0.29, 0.717) is 11.7 Å². The van der Waals surface area contributed by atoms with Gasteiger partial charge in [-0.25, -0.2) is 8.42 Å². The first-order valence-electron chi connectivity index (χ1n) is 6.47. The molecule has 1 N–H and O–H groups in total. The maximum absolute atomic E-state index is 11.6. The van der Waals surface area contributed by atoms with Crippen molar-refractivity contribution in [3.8, 4) is 0 Å². The predicted octanol–water partition coefficient (Wildman–Crippen LogP) is 1.85. The summed E-state index contributed by atoms with van der Waals surface area (Å²) in [6.45, 7) is 0. The molecular weight excluding hydrogens is 256 g/mol. The fourth-order valence-electron chi connectivity index (χ4n) is 3.06. The van der Waals surface area contributed by atoms with Crippen molar-refractivity contribution in [1.82, 2.24) is 0 Å². The number of aliphatic hydroxyl groups is 1. The van der Waals surface area contributed by atoms with E-state index in [1.807, 2.05) is 11.8 Å². The van der Waals surface area contributed by atoms with Crippen LogP contribution in [0.1, 0.15) is 38.5 Å². The minimum absolute atomic E-state index is 0.194. The van der Waals surface area contributed by atoms with Gasteiger partial charge in [-0.2, -0.15) is 11.8 Å². The standard InChI is InChI=1S/C12H22O3S2/c1-17(14,15)10-5-2-4-9(8-10)12(13)11-6-3-7-16-11/h9-13H,2-8H2,1H3. The number of sulfone groups is 1. The number of hydrogen-bond acceptors (Lipinski definition) is 4. The molecule has 1 saturated carbocycles. The van der Waals surface area contributed by atoms with E-state index in [4.69, 9.17) is 0 Å². The molecule has 0 aromatic rings. The van der Waals surface area contributed by atoms with E-state index in [-0.39, 0.29) is 17.3 Å². The lowest BCUT2D eigenvalue weighted by atomic mass is 9.83. The Morgan fingerprint density at radius 1 is 1.24 bits per heavy atom. The Morgan fingerprint density at radius 3 is 2.59 bits per heavy atom. The molecule has 4 atom stereocenters. The lowest BCUT2D eigenvalue weighted by Crippen LogP contribution is -2.37. The van der Waals surface area contributed by atoms with Crippen LogP contribution >= 0.6 is 11.8 Å². The molecule has 4 unspecified atom stereocenters. The van der Waals surface area contributed by atoms with E-state index in [2.05, 4.69) is 0 Å². The van der Waals surface area contributed by atoms with Crippen LogP contribution in [-0.4, -0.2) is 42.1 Å². The van der Waals surface area contributed by atoms with Crippen molar-refractivity contribution in [3.63, 3.8) is 0 Å². The quantitative estimate of drug-likeness (QED) is 0.856. The molecule has 0 amide bonds. The molecule has 0 spiro atoms. The van der Waals surface area contributed by atoms with Crippen molar-refractivity contribution in [2.45, 2.75) is 55.1 Å². The fourth-order valence-corrected chi connectivity index (χ4v) is 5.64. The summed E-state index contributed by atoms with van der Waals surface area (Å²) < 4.78 is 23.2. The summed E-state index contributed by atoms with van der Waals surface area (Å²) in [6.07, 6.45) is 6.68. The van der Waals surface area contributed by atoms with Crippen molar-refractivity contribution in [1.29, 1.82) is 0 Å². The van der Waals surface area contributed by atoms with Crippen molar-refractivity contribution in [2.24, 2.45) is 5.92 Å². The number of aliphatic hydroxyl groups excluding tert-OH is 1. The molecule has 17 heavy (non-hydrogen) atoms. The van der Waals surface area contributed by atoms with Crippen molar-refractivity contribution in [3.05, 3.63) is 0 Å². The molecule has 2 rings (SSSR count). The van der Waals surface area contributed by atoms with Gasteiger partial charge in [0.25, 0.3) is 0 Å². The second-order valence-corrected chi connectivity index (χ2v) is 9.09. The van der Waals surface area contributed by atoms with E-state index in [1.165, 1.54) is 12.7 Å². The van der Waals surface area contributed by atoms with Crippen LogP contribution in [0.3, 0.4) is 0 Å². The molecule has 0 aromatic carbocycles. The highest BCUT2D eigenvalue weighted by atomic mass is 32.2. The number of thioether (sulfide) groups is 1. The lowest BCUT2D eigenvalue weighted by Gasteiger charge is -2.33. The maximum Gasteiger partial charge on any atom is 0.150 e. The maximum atomic E-state index is 11.6. The van der Waals surface area contributed by atoms with Gasteiger partial charge in [-0.1, -0.05) is 6.42 Å². The zero-order valence-electron chi connectivity index (χ0n) is 10.3.